The van der Waals surface area contributed by atoms with Gasteiger partial charge in [0.15, 0.2) is 0 Å². The third-order valence-electron chi connectivity index (χ3n) is 4.92. The van der Waals surface area contributed by atoms with Crippen molar-refractivity contribution in [1.82, 2.24) is 9.62 Å². The number of nitrogens with zero attached hydrogens (tertiary/aromatic N) is 1. The van der Waals surface area contributed by atoms with E-state index in [4.69, 9.17) is 4.74 Å². The summed E-state index contributed by atoms with van der Waals surface area (Å²) in [6.07, 6.45) is 4.87. The van der Waals surface area contributed by atoms with E-state index < -0.39 is 10.0 Å². The van der Waals surface area contributed by atoms with Crippen LogP contribution in [0, 0.1) is 0 Å². The minimum Gasteiger partial charge on any atom is -0.379 e. The maximum absolute atomic E-state index is 13.1. The van der Waals surface area contributed by atoms with E-state index in [1.807, 2.05) is 13.8 Å². The van der Waals surface area contributed by atoms with E-state index in [1.54, 1.807) is 12.1 Å². The largest absolute Gasteiger partial charge is 0.379 e. The highest BCUT2D eigenvalue weighted by atomic mass is 32.2. The van der Waals surface area contributed by atoms with E-state index in [0.717, 1.165) is 31.2 Å². The molecule has 0 saturated carbocycles. The molecule has 1 fully saturated rings. The molecule has 0 radical (unpaired) electrons. The SMILES string of the molecule is CCCCCC(C)NC(=O)c1ccc(CC)c(S(=O)(=O)N2CCOCC2)c1. The number of unbranched alkanes of at least 4 members (excludes halogenated alkanes) is 2. The Morgan fingerprint density at radius 2 is 1.93 bits per heavy atom. The van der Waals surface area contributed by atoms with Crippen molar-refractivity contribution in [1.29, 1.82) is 0 Å². The number of morpholine rings is 1. The molecule has 1 atom stereocenters. The molecule has 7 heteroatoms. The van der Waals surface area contributed by atoms with Crippen molar-refractivity contribution < 1.29 is 17.9 Å². The van der Waals surface area contributed by atoms with Gasteiger partial charge in [-0.1, -0.05) is 39.2 Å². The Labute approximate surface area is 163 Å². The van der Waals surface area contributed by atoms with Gasteiger partial charge in [-0.3, -0.25) is 4.79 Å². The number of carbonyl (C=O) groups excluding carboxylic acids is 1. The van der Waals surface area contributed by atoms with Crippen molar-refractivity contribution in [2.45, 2.75) is 63.8 Å². The van der Waals surface area contributed by atoms with Crippen LogP contribution in [0.15, 0.2) is 23.1 Å². The van der Waals surface area contributed by atoms with Gasteiger partial charge in [0.1, 0.15) is 0 Å². The lowest BCUT2D eigenvalue weighted by Crippen LogP contribution is -2.41. The fourth-order valence-corrected chi connectivity index (χ4v) is 4.96. The average molecular weight is 397 g/mol. The number of aryl methyl sites for hydroxylation is 1. The number of hydrogen-bond donors (Lipinski definition) is 1. The molecule has 0 aliphatic carbocycles. The zero-order valence-corrected chi connectivity index (χ0v) is 17.5. The fraction of sp³-hybridized carbons (Fsp3) is 0.650. The zero-order valence-electron chi connectivity index (χ0n) is 16.7. The number of carbonyl (C=O) groups is 1. The summed E-state index contributed by atoms with van der Waals surface area (Å²) >= 11 is 0. The normalized spacial score (nSPS) is 16.9. The van der Waals surface area contributed by atoms with Crippen LogP contribution >= 0.6 is 0 Å². The molecule has 6 nitrogen and oxygen atoms in total. The van der Waals surface area contributed by atoms with E-state index >= 15 is 0 Å². The summed E-state index contributed by atoms with van der Waals surface area (Å²) in [5.74, 6) is -0.222. The number of rotatable bonds is 9. The van der Waals surface area contributed by atoms with Gasteiger partial charge in [-0.2, -0.15) is 4.31 Å². The van der Waals surface area contributed by atoms with Crippen LogP contribution in [0.5, 0.6) is 0 Å². The highest BCUT2D eigenvalue weighted by molar-refractivity contribution is 7.89. The fourth-order valence-electron chi connectivity index (χ4n) is 3.23. The second kappa shape index (κ2) is 10.2. The molecule has 1 aromatic carbocycles. The molecule has 0 spiro atoms. The lowest BCUT2D eigenvalue weighted by molar-refractivity contribution is 0.0730. The minimum atomic E-state index is -3.63. The number of benzene rings is 1. The van der Waals surface area contributed by atoms with Gasteiger partial charge < -0.3 is 10.1 Å². The van der Waals surface area contributed by atoms with Crippen LogP contribution in [-0.4, -0.2) is 51.0 Å². The molecule has 1 aliphatic rings. The first-order valence-electron chi connectivity index (χ1n) is 9.91. The molecule has 1 heterocycles. The van der Waals surface area contributed by atoms with Gasteiger partial charge in [0.25, 0.3) is 5.91 Å². The Balaban J connectivity index is 2.20. The van der Waals surface area contributed by atoms with E-state index in [-0.39, 0.29) is 16.8 Å². The number of nitrogens with one attached hydrogen (secondary N) is 1. The summed E-state index contributed by atoms with van der Waals surface area (Å²) in [6.45, 7) is 7.54. The quantitative estimate of drug-likeness (QED) is 0.651. The first-order chi connectivity index (χ1) is 12.9. The van der Waals surface area contributed by atoms with Gasteiger partial charge in [0.2, 0.25) is 10.0 Å². The number of ether oxygens (including phenoxy) is 1. The number of hydrogen-bond acceptors (Lipinski definition) is 4. The van der Waals surface area contributed by atoms with Crippen molar-refractivity contribution in [2.75, 3.05) is 26.3 Å². The Bertz CT molecular complexity index is 727. The molecule has 1 N–H and O–H groups in total. The van der Waals surface area contributed by atoms with Crippen LogP contribution in [0.3, 0.4) is 0 Å². The molecule has 152 valence electrons. The molecule has 1 amide bonds. The van der Waals surface area contributed by atoms with Crippen LogP contribution in [-0.2, 0) is 21.2 Å². The van der Waals surface area contributed by atoms with E-state index in [1.165, 1.54) is 10.4 Å². The highest BCUT2D eigenvalue weighted by Gasteiger charge is 2.29. The van der Waals surface area contributed by atoms with Crippen molar-refractivity contribution in [2.24, 2.45) is 0 Å². The Hall–Kier alpha value is -1.44. The predicted molar refractivity (Wildman–Crippen MR) is 106 cm³/mol. The van der Waals surface area contributed by atoms with Crippen LogP contribution in [0.25, 0.3) is 0 Å². The van der Waals surface area contributed by atoms with Crippen LogP contribution in [0.4, 0.5) is 0 Å². The van der Waals surface area contributed by atoms with Gasteiger partial charge in [-0.25, -0.2) is 8.42 Å². The first-order valence-corrected chi connectivity index (χ1v) is 11.4. The third kappa shape index (κ3) is 5.77. The summed E-state index contributed by atoms with van der Waals surface area (Å²) in [4.78, 5) is 12.8. The molecule has 2 rings (SSSR count). The zero-order chi connectivity index (χ0) is 19.9. The molecule has 1 unspecified atom stereocenters. The monoisotopic (exact) mass is 396 g/mol. The predicted octanol–water partition coefficient (Wildman–Crippen LogP) is 2.97. The molecule has 27 heavy (non-hydrogen) atoms. The number of sulfonamides is 1. The molecule has 0 aromatic heterocycles. The maximum Gasteiger partial charge on any atom is 0.251 e. The molecule has 1 saturated heterocycles. The summed E-state index contributed by atoms with van der Waals surface area (Å²) < 4.78 is 32.9. The van der Waals surface area contributed by atoms with Crippen molar-refractivity contribution in [3.8, 4) is 0 Å². The highest BCUT2D eigenvalue weighted by Crippen LogP contribution is 2.23. The van der Waals surface area contributed by atoms with Gasteiger partial charge >= 0.3 is 0 Å². The summed E-state index contributed by atoms with van der Waals surface area (Å²) in [7, 11) is -3.63. The van der Waals surface area contributed by atoms with E-state index in [0.29, 0.717) is 38.3 Å². The van der Waals surface area contributed by atoms with Crippen LogP contribution < -0.4 is 5.32 Å². The molecule has 1 aliphatic heterocycles. The minimum absolute atomic E-state index is 0.0641. The molecule has 0 bridgehead atoms. The Kier molecular flexibility index (Phi) is 8.26. The van der Waals surface area contributed by atoms with E-state index in [9.17, 15) is 13.2 Å². The summed E-state index contributed by atoms with van der Waals surface area (Å²) in [6, 6.07) is 5.06. The third-order valence-corrected chi connectivity index (χ3v) is 6.90. The second-order valence-electron chi connectivity index (χ2n) is 7.06. The summed E-state index contributed by atoms with van der Waals surface area (Å²) in [5.41, 5.74) is 1.12. The maximum atomic E-state index is 13.1. The first kappa shape index (κ1) is 21.9. The molecular weight excluding hydrogens is 364 g/mol. The van der Waals surface area contributed by atoms with Gasteiger partial charge in [-0.15, -0.1) is 0 Å². The van der Waals surface area contributed by atoms with Gasteiger partial charge in [0, 0.05) is 24.7 Å². The molecular formula is C20H32N2O4S. The standard InChI is InChI=1S/C20H32N2O4S/c1-4-6-7-8-16(3)21-20(23)18-10-9-17(5-2)19(15-18)27(24,25)22-11-13-26-14-12-22/h9-10,15-16H,4-8,11-14H2,1-3H3,(H,21,23). The van der Waals surface area contributed by atoms with Crippen LogP contribution in [0.2, 0.25) is 0 Å². The van der Waals surface area contributed by atoms with Crippen molar-refractivity contribution in [3.63, 3.8) is 0 Å². The second-order valence-corrected chi connectivity index (χ2v) is 8.97. The lowest BCUT2D eigenvalue weighted by Gasteiger charge is -2.27. The average Bonchev–Trinajstić information content (AvgIpc) is 2.68. The summed E-state index contributed by atoms with van der Waals surface area (Å²) in [5, 5.41) is 2.98. The lowest BCUT2D eigenvalue weighted by atomic mass is 10.1. The number of amides is 1. The smallest absolute Gasteiger partial charge is 0.251 e. The topological polar surface area (TPSA) is 75.7 Å². The van der Waals surface area contributed by atoms with Crippen molar-refractivity contribution in [3.05, 3.63) is 29.3 Å². The van der Waals surface area contributed by atoms with Crippen LogP contribution in [0.1, 0.15) is 62.4 Å². The van der Waals surface area contributed by atoms with Gasteiger partial charge in [0.05, 0.1) is 18.1 Å². The Morgan fingerprint density at radius 3 is 2.56 bits per heavy atom. The molecule has 1 aromatic rings. The Morgan fingerprint density at radius 1 is 1.22 bits per heavy atom. The van der Waals surface area contributed by atoms with Crippen molar-refractivity contribution >= 4 is 15.9 Å². The van der Waals surface area contributed by atoms with E-state index in [2.05, 4.69) is 12.2 Å². The van der Waals surface area contributed by atoms with Gasteiger partial charge in [-0.05, 0) is 37.5 Å².